The largest absolute Gasteiger partial charge is 0.353 e. The van der Waals surface area contributed by atoms with Crippen molar-refractivity contribution in [1.82, 2.24) is 0 Å². The molecule has 22 saturated carbocycles. The summed E-state index contributed by atoms with van der Waals surface area (Å²) in [5.41, 5.74) is 2.58. The van der Waals surface area contributed by atoms with Crippen LogP contribution >= 0.6 is 0 Å². The van der Waals surface area contributed by atoms with Crippen LogP contribution in [0.15, 0.2) is 0 Å². The molecule has 28 rings (SSSR count). The van der Waals surface area contributed by atoms with Crippen molar-refractivity contribution >= 4 is 0 Å². The summed E-state index contributed by atoms with van der Waals surface area (Å²) in [6.07, 6.45) is 88.0. The lowest BCUT2D eigenvalue weighted by atomic mass is 9.43. The van der Waals surface area contributed by atoms with E-state index in [4.69, 9.17) is 56.8 Å². The molecule has 0 aromatic heterocycles. The second-order valence-corrected chi connectivity index (χ2v) is 44.4. The van der Waals surface area contributed by atoms with Gasteiger partial charge in [-0.25, -0.2) is 0 Å². The van der Waals surface area contributed by atoms with E-state index < -0.39 is 0 Å². The molecular formula is C109H200O12. The van der Waals surface area contributed by atoms with Crippen molar-refractivity contribution in [2.24, 2.45) is 123 Å². The highest BCUT2D eigenvalue weighted by Gasteiger charge is 2.63. The van der Waals surface area contributed by atoms with Crippen molar-refractivity contribution < 1.29 is 56.8 Å². The molecule has 12 nitrogen and oxygen atoms in total. The lowest BCUT2D eigenvalue weighted by Crippen LogP contribution is -2.61. The summed E-state index contributed by atoms with van der Waals surface area (Å²) in [6, 6.07) is 0. The molecule has 0 N–H and O–H groups in total. The average Bonchev–Trinajstić information content (AvgIpc) is 1.41. The van der Waals surface area contributed by atoms with Crippen molar-refractivity contribution in [3.8, 4) is 0 Å². The fraction of sp³-hybridized carbons (Fsp3) is 1.00. The van der Waals surface area contributed by atoms with E-state index in [-0.39, 0.29) is 87.7 Å². The van der Waals surface area contributed by atoms with Gasteiger partial charge in [-0.15, -0.1) is 0 Å². The van der Waals surface area contributed by atoms with Crippen LogP contribution in [0, 0.1) is 123 Å². The van der Waals surface area contributed by atoms with Crippen LogP contribution in [-0.2, 0) is 56.8 Å². The highest BCUT2D eigenvalue weighted by molar-refractivity contribution is 5.09. The summed E-state index contributed by atoms with van der Waals surface area (Å²) in [7, 11) is 0. The van der Waals surface area contributed by atoms with Gasteiger partial charge in [0.15, 0.2) is 35.7 Å². The number of rotatable bonds is 0. The topological polar surface area (TPSA) is 111 Å². The van der Waals surface area contributed by atoms with Crippen LogP contribution in [0.3, 0.4) is 0 Å². The van der Waals surface area contributed by atoms with Gasteiger partial charge in [-0.05, 0) is 377 Å². The highest BCUT2D eigenvalue weighted by atomic mass is 16.7. The minimum absolute atomic E-state index is 0. The van der Waals surface area contributed by atoms with E-state index >= 15 is 0 Å². The van der Waals surface area contributed by atoms with Gasteiger partial charge >= 0.3 is 0 Å². The summed E-state index contributed by atoms with van der Waals surface area (Å²) in [4.78, 5) is 0. The Morgan fingerprint density at radius 1 is 0.190 bits per heavy atom. The molecule has 28 aliphatic rings. The lowest BCUT2D eigenvalue weighted by Gasteiger charge is -2.62. The summed E-state index contributed by atoms with van der Waals surface area (Å²) in [5.74, 6) is 16.7. The Labute approximate surface area is 747 Å². The van der Waals surface area contributed by atoms with Crippen molar-refractivity contribution in [2.75, 3.05) is 79.3 Å². The maximum atomic E-state index is 6.12. The van der Waals surface area contributed by atoms with Gasteiger partial charge < -0.3 is 56.8 Å². The SMILES string of the molecule is C.C.C.C.C.C.C.C1CCCC2(CC1)C1CC3CC(C1)CC2C3.C1CCCC2(CC1)CC1CCC2C1.C1CCCC2(CC1)CCCCC2.C1CCOC2(CC3CCC2C3)OC1.C1CCOC2(CC3CCC2C3)OCC1.C1COC2(O1)C1CC3CC(C1)CC2C3.C1COC2(OC1)C1CC3CC(C1)CC2C3.CC1OCCCCCO1.CC1OCCCCO1. The normalized spacial score (nSPS) is 39.4. The molecule has 0 aromatic carbocycles. The molecule has 28 fully saturated rings. The van der Waals surface area contributed by atoms with Gasteiger partial charge in [-0.3, -0.25) is 0 Å². The Hall–Kier alpha value is -0.480. The van der Waals surface area contributed by atoms with Gasteiger partial charge in [0, 0.05) is 74.8 Å². The van der Waals surface area contributed by atoms with Crippen LogP contribution in [0.5, 0.6) is 0 Å². The van der Waals surface area contributed by atoms with Gasteiger partial charge in [0.25, 0.3) is 0 Å². The zero-order chi connectivity index (χ0) is 77.2. The molecule has 121 heavy (non-hydrogen) atoms. The molecule has 22 aliphatic carbocycles. The predicted molar refractivity (Wildman–Crippen MR) is 500 cm³/mol. The Morgan fingerprint density at radius 3 is 0.769 bits per heavy atom. The average molecular weight is 1700 g/mol. The monoisotopic (exact) mass is 1700 g/mol. The van der Waals surface area contributed by atoms with Crippen molar-refractivity contribution in [3.63, 3.8) is 0 Å². The molecule has 708 valence electrons. The van der Waals surface area contributed by atoms with Gasteiger partial charge in [0.1, 0.15) is 0 Å². The quantitative estimate of drug-likeness (QED) is 0.230. The molecule has 6 saturated heterocycles. The zero-order valence-corrected chi connectivity index (χ0v) is 73.6. The van der Waals surface area contributed by atoms with E-state index in [0.717, 1.165) is 204 Å². The summed E-state index contributed by atoms with van der Waals surface area (Å²) in [6.45, 7) is 14.6. The van der Waals surface area contributed by atoms with Crippen LogP contribution in [0.1, 0.15) is 458 Å². The van der Waals surface area contributed by atoms with Crippen molar-refractivity contribution in [1.29, 1.82) is 0 Å². The first-order valence-corrected chi connectivity index (χ1v) is 51.6. The van der Waals surface area contributed by atoms with Gasteiger partial charge in [0.05, 0.1) is 52.9 Å². The first-order valence-electron chi connectivity index (χ1n) is 51.6. The number of fused-ring (bicyclic) bond motifs is 9. The molecular weight excluding hydrogens is 1500 g/mol. The van der Waals surface area contributed by atoms with E-state index in [9.17, 15) is 0 Å². The second kappa shape index (κ2) is 48.3. The highest BCUT2D eigenvalue weighted by Crippen LogP contribution is 2.68. The van der Waals surface area contributed by atoms with E-state index in [1.807, 2.05) is 13.8 Å². The predicted octanol–water partition coefficient (Wildman–Crippen LogP) is 30.2. The molecule has 6 atom stereocenters. The summed E-state index contributed by atoms with van der Waals surface area (Å²) < 4.78 is 69.1. The molecule has 7 spiro atoms. The van der Waals surface area contributed by atoms with Crippen LogP contribution in [0.4, 0.5) is 0 Å². The number of hydrogen-bond acceptors (Lipinski definition) is 12. The van der Waals surface area contributed by atoms with Crippen LogP contribution in [0.2, 0.25) is 0 Å². The third-order valence-corrected chi connectivity index (χ3v) is 37.2. The molecule has 0 radical (unpaired) electrons. The van der Waals surface area contributed by atoms with Crippen LogP contribution in [-0.4, -0.2) is 115 Å². The van der Waals surface area contributed by atoms with Crippen LogP contribution < -0.4 is 0 Å². The molecule has 6 heterocycles. The summed E-state index contributed by atoms with van der Waals surface area (Å²) in [5, 5.41) is 0. The van der Waals surface area contributed by atoms with Gasteiger partial charge in [-0.1, -0.05) is 155 Å². The summed E-state index contributed by atoms with van der Waals surface area (Å²) >= 11 is 0. The molecule has 0 aromatic rings. The van der Waals surface area contributed by atoms with Crippen LogP contribution in [0.25, 0.3) is 0 Å². The Kier molecular flexibility index (Phi) is 40.9. The molecule has 18 bridgehead atoms. The van der Waals surface area contributed by atoms with Gasteiger partial charge in [-0.2, -0.15) is 0 Å². The Balaban J connectivity index is 0.000000143. The van der Waals surface area contributed by atoms with Crippen molar-refractivity contribution in [2.45, 2.75) is 493 Å². The lowest BCUT2D eigenvalue weighted by molar-refractivity contribution is -0.358. The maximum Gasteiger partial charge on any atom is 0.174 e. The first-order chi connectivity index (χ1) is 56.0. The van der Waals surface area contributed by atoms with E-state index in [2.05, 4.69) is 0 Å². The third kappa shape index (κ3) is 24.5. The maximum absolute atomic E-state index is 6.12. The van der Waals surface area contributed by atoms with Crippen molar-refractivity contribution in [3.05, 3.63) is 0 Å². The molecule has 6 aliphatic heterocycles. The zero-order valence-electron chi connectivity index (χ0n) is 73.6. The van der Waals surface area contributed by atoms with Gasteiger partial charge in [0.2, 0.25) is 0 Å². The van der Waals surface area contributed by atoms with E-state index in [1.165, 1.54) is 249 Å². The second-order valence-electron chi connectivity index (χ2n) is 44.4. The standard InChI is InChI=1S/C16H26.C13H20O2.C13H22.C12H18O2.C12H20O2.C12H22.C11H18O2.C7H14O2.C6H12O2.7CH4/c1-2-4-6-16(5-3-1)14-8-12-7-13(10-14)11-15(16)9-12;1-2-14-13(15-3-1)11-5-9-4-10(7-11)8-12(13)6-9;1-2-4-8-13(7-3-1)10-11-5-6-12(13)9-11;1-2-14-12(13-1)10-4-8-3-9(6-10)7-11(12)5-8;1-2-6-13-12(14-7-3-1)9-10-4-5-11(12)8-10;1-2-5-9-12(8-4-1)10-6-3-7-11-12;1-2-6-13-11(12-5-1)8-9-3-4-10(11)7-9;1-7-8-5-3-2-4-6-9-7;1-6-7-4-2-3-5-8-6;;;;;;;/h12-15H,1-11H2;9-12H,1-8H2;11-12H,1-10H2;8-11H,1-7H2;10-11H,1-9H2;1-11H2;9-10H,1-8H2;7H,2-6H2,1H3;6H,2-5H2,1H3;7*1H4. The fourth-order valence-corrected chi connectivity index (χ4v) is 32.3. The number of hydrogen-bond donors (Lipinski definition) is 0. The minimum Gasteiger partial charge on any atom is -0.353 e. The smallest absolute Gasteiger partial charge is 0.174 e. The number of ether oxygens (including phenoxy) is 12. The fourth-order valence-electron chi connectivity index (χ4n) is 32.3. The third-order valence-electron chi connectivity index (χ3n) is 37.2. The molecule has 6 unspecified atom stereocenters. The Morgan fingerprint density at radius 2 is 0.446 bits per heavy atom. The molecule has 0 amide bonds. The van der Waals surface area contributed by atoms with E-state index in [0.29, 0.717) is 5.92 Å². The first kappa shape index (κ1) is 103. The minimum atomic E-state index is -0.136. The molecule has 12 heteroatoms. The van der Waals surface area contributed by atoms with E-state index in [1.54, 1.807) is 135 Å². The Bertz CT molecular complexity index is 2650.